The van der Waals surface area contributed by atoms with Crippen molar-refractivity contribution < 1.29 is 9.84 Å². The highest BCUT2D eigenvalue weighted by molar-refractivity contribution is 5.61. The van der Waals surface area contributed by atoms with Crippen LogP contribution in [0.4, 0.5) is 5.69 Å². The lowest BCUT2D eigenvalue weighted by Crippen LogP contribution is -2.31. The number of rotatable bonds is 8. The van der Waals surface area contributed by atoms with Gasteiger partial charge in [-0.1, -0.05) is 42.4 Å². The van der Waals surface area contributed by atoms with E-state index >= 15 is 0 Å². The molecule has 0 aromatic heterocycles. The lowest BCUT2D eigenvalue weighted by atomic mass is 9.97. The average molecular weight is 531 g/mol. The Morgan fingerprint density at radius 2 is 1.90 bits per heavy atom. The summed E-state index contributed by atoms with van der Waals surface area (Å²) in [6.07, 6.45) is 25.0. The Hall–Kier alpha value is -2.30. The van der Waals surface area contributed by atoms with Crippen LogP contribution in [0.2, 0.25) is 0 Å². The molecule has 0 amide bonds. The number of fused-ring (bicyclic) bond motifs is 2. The van der Waals surface area contributed by atoms with E-state index in [0.29, 0.717) is 5.92 Å². The van der Waals surface area contributed by atoms with E-state index in [-0.39, 0.29) is 6.61 Å². The van der Waals surface area contributed by atoms with Gasteiger partial charge in [0.2, 0.25) is 0 Å². The second-order valence-corrected chi connectivity index (χ2v) is 12.1. The maximum Gasteiger partial charge on any atom is 0.119 e. The van der Waals surface area contributed by atoms with Crippen LogP contribution in [0.5, 0.6) is 5.75 Å². The van der Waals surface area contributed by atoms with Gasteiger partial charge in [0.05, 0.1) is 13.2 Å². The SMILES string of the molecule is C/C1=C(\CN2CCc3cc(OCCCN4CCCCC4)ccc32)C/C=C\CCC1.OCC1=CCC=CC2CC12. The van der Waals surface area contributed by atoms with Gasteiger partial charge in [-0.25, -0.2) is 0 Å². The molecule has 1 N–H and O–H groups in total. The molecule has 1 aromatic carbocycles. The van der Waals surface area contributed by atoms with Crippen molar-refractivity contribution in [3.8, 4) is 5.75 Å². The van der Waals surface area contributed by atoms with Gasteiger partial charge in [-0.3, -0.25) is 0 Å². The molecular weight excluding hydrogens is 480 g/mol. The lowest BCUT2D eigenvalue weighted by molar-refractivity contribution is 0.205. The topological polar surface area (TPSA) is 35.9 Å². The fourth-order valence-electron chi connectivity index (χ4n) is 6.63. The van der Waals surface area contributed by atoms with Crippen LogP contribution in [0.3, 0.4) is 0 Å². The summed E-state index contributed by atoms with van der Waals surface area (Å²) in [5, 5.41) is 8.92. The average Bonchev–Trinajstić information content (AvgIpc) is 3.66. The van der Waals surface area contributed by atoms with E-state index in [9.17, 15) is 0 Å². The largest absolute Gasteiger partial charge is 0.494 e. The number of aliphatic hydroxyl groups excluding tert-OH is 1. The van der Waals surface area contributed by atoms with Crippen molar-refractivity contribution in [2.75, 3.05) is 50.8 Å². The first-order chi connectivity index (χ1) is 19.2. The molecule has 3 aliphatic carbocycles. The quantitative estimate of drug-likeness (QED) is 0.284. The molecule has 4 nitrogen and oxygen atoms in total. The zero-order valence-electron chi connectivity index (χ0n) is 24.3. The standard InChI is InChI=1S/C26H38N2O.C9H12O/c1-22-10-5-2-3-6-11-24(22)21-28-18-14-23-20-25(12-13-26(23)28)29-19-9-17-27-15-7-4-8-16-27;10-6-8-4-2-1-3-7-5-9(7)8/h3,6,12-13,20H,2,4-5,7-11,14-19,21H2,1H3;1,3-4,7,9-10H,2,5-6H2/b6-3-,24-22+;. The Morgan fingerprint density at radius 1 is 1.00 bits per heavy atom. The summed E-state index contributed by atoms with van der Waals surface area (Å²) in [6.45, 7) is 9.39. The maximum atomic E-state index is 8.92. The number of allylic oxidation sites excluding steroid dienone is 6. The van der Waals surface area contributed by atoms with Crippen molar-refractivity contribution in [1.29, 1.82) is 0 Å². The van der Waals surface area contributed by atoms with Gasteiger partial charge in [0.25, 0.3) is 0 Å². The first kappa shape index (κ1) is 28.2. The summed E-state index contributed by atoms with van der Waals surface area (Å²) >= 11 is 0. The van der Waals surface area contributed by atoms with E-state index in [2.05, 4.69) is 65.3 Å². The third-order valence-electron chi connectivity index (χ3n) is 9.22. The summed E-state index contributed by atoms with van der Waals surface area (Å²) in [5.74, 6) is 2.51. The second kappa shape index (κ2) is 14.4. The van der Waals surface area contributed by atoms with Gasteiger partial charge in [0.15, 0.2) is 0 Å². The van der Waals surface area contributed by atoms with Gasteiger partial charge in [0.1, 0.15) is 5.75 Å². The van der Waals surface area contributed by atoms with Crippen molar-refractivity contribution >= 4 is 5.69 Å². The predicted molar refractivity (Wildman–Crippen MR) is 164 cm³/mol. The fourth-order valence-corrected chi connectivity index (χ4v) is 6.63. The molecule has 2 atom stereocenters. The number of benzene rings is 1. The summed E-state index contributed by atoms with van der Waals surface area (Å²) in [4.78, 5) is 5.17. The minimum atomic E-state index is 0.267. The normalized spacial score (nSPS) is 27.2. The summed E-state index contributed by atoms with van der Waals surface area (Å²) in [6, 6.07) is 6.75. The number of ether oxygens (including phenoxy) is 1. The number of hydrogen-bond donors (Lipinski definition) is 1. The van der Waals surface area contributed by atoms with Crippen molar-refractivity contribution in [2.45, 2.75) is 77.6 Å². The molecule has 0 spiro atoms. The molecule has 212 valence electrons. The van der Waals surface area contributed by atoms with Crippen LogP contribution in [0.1, 0.15) is 76.7 Å². The zero-order valence-corrected chi connectivity index (χ0v) is 24.3. The molecule has 4 heteroatoms. The molecule has 2 heterocycles. The molecular formula is C35H50N2O2. The number of likely N-dealkylation sites (tertiary alicyclic amines) is 1. The molecule has 2 unspecified atom stereocenters. The number of hydrogen-bond acceptors (Lipinski definition) is 4. The van der Waals surface area contributed by atoms with Crippen LogP contribution in [-0.2, 0) is 6.42 Å². The Morgan fingerprint density at radius 3 is 2.77 bits per heavy atom. The molecule has 0 bridgehead atoms. The van der Waals surface area contributed by atoms with Gasteiger partial charge in [-0.05, 0) is 131 Å². The van der Waals surface area contributed by atoms with Crippen molar-refractivity contribution in [1.82, 2.24) is 4.90 Å². The Labute approximate surface area is 237 Å². The van der Waals surface area contributed by atoms with E-state index in [1.54, 1.807) is 11.1 Å². The van der Waals surface area contributed by atoms with Crippen LogP contribution in [-0.4, -0.2) is 55.9 Å². The predicted octanol–water partition coefficient (Wildman–Crippen LogP) is 7.25. The number of aliphatic hydroxyl groups is 1. The van der Waals surface area contributed by atoms with E-state index < -0.39 is 0 Å². The van der Waals surface area contributed by atoms with Crippen LogP contribution < -0.4 is 9.64 Å². The van der Waals surface area contributed by atoms with Crippen molar-refractivity contribution in [2.24, 2.45) is 11.8 Å². The highest BCUT2D eigenvalue weighted by Gasteiger charge is 2.37. The smallest absolute Gasteiger partial charge is 0.119 e. The molecule has 2 fully saturated rings. The molecule has 5 aliphatic rings. The highest BCUT2D eigenvalue weighted by Crippen LogP contribution is 2.46. The van der Waals surface area contributed by atoms with Crippen LogP contribution in [0.15, 0.2) is 65.3 Å². The van der Waals surface area contributed by atoms with Gasteiger partial charge >= 0.3 is 0 Å². The number of anilines is 1. The minimum Gasteiger partial charge on any atom is -0.494 e. The molecule has 1 aromatic rings. The summed E-state index contributed by atoms with van der Waals surface area (Å²) in [5.41, 5.74) is 7.36. The lowest BCUT2D eigenvalue weighted by Gasteiger charge is -2.26. The maximum absolute atomic E-state index is 8.92. The second-order valence-electron chi connectivity index (χ2n) is 12.1. The minimum absolute atomic E-state index is 0.267. The Balaban J connectivity index is 0.000000257. The van der Waals surface area contributed by atoms with Gasteiger partial charge in [-0.2, -0.15) is 0 Å². The molecule has 6 rings (SSSR count). The molecule has 39 heavy (non-hydrogen) atoms. The van der Waals surface area contributed by atoms with E-state index in [1.165, 1.54) is 81.4 Å². The summed E-state index contributed by atoms with van der Waals surface area (Å²) < 4.78 is 6.09. The summed E-state index contributed by atoms with van der Waals surface area (Å²) in [7, 11) is 0. The first-order valence-electron chi connectivity index (χ1n) is 15.7. The van der Waals surface area contributed by atoms with Crippen molar-refractivity contribution in [3.63, 3.8) is 0 Å². The third kappa shape index (κ3) is 8.11. The fraction of sp³-hybridized carbons (Fsp3) is 0.600. The number of nitrogens with zero attached hydrogens (tertiary/aromatic N) is 2. The Bertz CT molecular complexity index is 1060. The van der Waals surface area contributed by atoms with E-state index in [1.807, 2.05) is 0 Å². The van der Waals surface area contributed by atoms with Crippen LogP contribution in [0.25, 0.3) is 0 Å². The first-order valence-corrected chi connectivity index (χ1v) is 15.7. The highest BCUT2D eigenvalue weighted by atomic mass is 16.5. The van der Waals surface area contributed by atoms with E-state index in [4.69, 9.17) is 9.84 Å². The van der Waals surface area contributed by atoms with Crippen LogP contribution >= 0.6 is 0 Å². The van der Waals surface area contributed by atoms with Gasteiger partial charge in [0, 0.05) is 25.3 Å². The monoisotopic (exact) mass is 530 g/mol. The Kier molecular flexibility index (Phi) is 10.4. The van der Waals surface area contributed by atoms with Crippen molar-refractivity contribution in [3.05, 3.63) is 70.9 Å². The van der Waals surface area contributed by atoms with Crippen LogP contribution in [0, 0.1) is 11.8 Å². The van der Waals surface area contributed by atoms with E-state index in [0.717, 1.165) is 57.0 Å². The van der Waals surface area contributed by atoms with Gasteiger partial charge < -0.3 is 19.6 Å². The zero-order chi connectivity index (χ0) is 26.9. The van der Waals surface area contributed by atoms with Gasteiger partial charge in [-0.15, -0.1) is 0 Å². The third-order valence-corrected chi connectivity index (χ3v) is 9.22. The number of piperidine rings is 1. The molecule has 2 aliphatic heterocycles. The molecule has 0 radical (unpaired) electrons. The molecule has 1 saturated carbocycles. The molecule has 1 saturated heterocycles.